The fourth-order valence-electron chi connectivity index (χ4n) is 4.13. The third-order valence-corrected chi connectivity index (χ3v) is 6.02. The van der Waals surface area contributed by atoms with Crippen molar-refractivity contribution in [1.29, 1.82) is 0 Å². The van der Waals surface area contributed by atoms with Gasteiger partial charge in [0.25, 0.3) is 5.91 Å². The number of rotatable bonds is 4. The van der Waals surface area contributed by atoms with E-state index in [0.717, 1.165) is 11.1 Å². The van der Waals surface area contributed by atoms with Gasteiger partial charge in [-0.15, -0.1) is 0 Å². The lowest BCUT2D eigenvalue weighted by Gasteiger charge is -2.33. The minimum absolute atomic E-state index is 0.136. The second kappa shape index (κ2) is 9.30. The number of fused-ring (bicyclic) bond motifs is 1. The van der Waals surface area contributed by atoms with Gasteiger partial charge in [0, 0.05) is 31.7 Å². The van der Waals surface area contributed by atoms with Gasteiger partial charge in [0.2, 0.25) is 0 Å². The number of carbonyl (C=O) groups excluding carboxylic acids is 1. The molecule has 35 heavy (non-hydrogen) atoms. The molecule has 0 atom stereocenters. The average molecular weight is 470 g/mol. The highest BCUT2D eigenvalue weighted by Crippen LogP contribution is 2.29. The normalized spacial score (nSPS) is 14.1. The van der Waals surface area contributed by atoms with Crippen molar-refractivity contribution in [3.8, 4) is 17.0 Å². The second-order valence-electron chi connectivity index (χ2n) is 8.24. The Labute approximate surface area is 200 Å². The molecule has 1 aliphatic heterocycles. The first-order valence-corrected chi connectivity index (χ1v) is 11.2. The number of aromatic nitrogens is 3. The molecular formula is C26H23N5O4. The molecule has 1 fully saturated rings. The number of H-pyrrole nitrogens is 1. The SMILES string of the molecule is O=C(O)N1CCN(C(=O)c2cc(-c3ccc(O)cc3)nc3[nH]nc(/C=C/c4ccccc4)c23)CC1. The van der Waals surface area contributed by atoms with Crippen LogP contribution < -0.4 is 0 Å². The molecule has 3 N–H and O–H groups in total. The van der Waals surface area contributed by atoms with Crippen LogP contribution in [-0.2, 0) is 0 Å². The van der Waals surface area contributed by atoms with E-state index in [1.54, 1.807) is 35.2 Å². The molecule has 0 aliphatic carbocycles. The van der Waals surface area contributed by atoms with Gasteiger partial charge in [0.1, 0.15) is 5.75 Å². The molecule has 2 aromatic carbocycles. The predicted octanol–water partition coefficient (Wildman–Crippen LogP) is 3.94. The van der Waals surface area contributed by atoms with Crippen LogP contribution in [0.25, 0.3) is 34.4 Å². The van der Waals surface area contributed by atoms with Crippen molar-refractivity contribution in [3.63, 3.8) is 0 Å². The Morgan fingerprint density at radius 2 is 1.60 bits per heavy atom. The maximum atomic E-state index is 13.7. The molecule has 0 spiro atoms. The standard InChI is InChI=1S/C26H23N5O4/c32-19-9-7-18(8-10-19)22-16-20(25(33)30-12-14-31(15-13-30)26(34)35)23-21(28-29-24(23)27-22)11-6-17-4-2-1-3-5-17/h1-11,16,32H,12-15H2,(H,34,35)(H,27,28,29)/b11-6+. The lowest BCUT2D eigenvalue weighted by Crippen LogP contribution is -2.50. The van der Waals surface area contributed by atoms with Crippen molar-refractivity contribution in [2.75, 3.05) is 26.2 Å². The van der Waals surface area contributed by atoms with E-state index in [0.29, 0.717) is 41.1 Å². The monoisotopic (exact) mass is 469 g/mol. The highest BCUT2D eigenvalue weighted by Gasteiger charge is 2.27. The first-order valence-electron chi connectivity index (χ1n) is 11.2. The Bertz CT molecular complexity index is 1410. The summed E-state index contributed by atoms with van der Waals surface area (Å²) in [6.45, 7) is 1.12. The minimum Gasteiger partial charge on any atom is -0.508 e. The predicted molar refractivity (Wildman–Crippen MR) is 132 cm³/mol. The van der Waals surface area contributed by atoms with Crippen molar-refractivity contribution < 1.29 is 19.8 Å². The van der Waals surface area contributed by atoms with Crippen LogP contribution in [0.2, 0.25) is 0 Å². The molecule has 3 heterocycles. The summed E-state index contributed by atoms with van der Waals surface area (Å²) in [7, 11) is 0. The number of piperazine rings is 1. The van der Waals surface area contributed by atoms with Crippen molar-refractivity contribution in [1.82, 2.24) is 25.0 Å². The zero-order valence-corrected chi connectivity index (χ0v) is 18.8. The molecule has 0 radical (unpaired) electrons. The first kappa shape index (κ1) is 22.1. The summed E-state index contributed by atoms with van der Waals surface area (Å²) in [4.78, 5) is 32.6. The number of phenolic OH excluding ortho intramolecular Hbond substituents is 1. The number of aromatic amines is 1. The Balaban J connectivity index is 1.57. The van der Waals surface area contributed by atoms with Gasteiger partial charge in [0.15, 0.2) is 5.65 Å². The number of carboxylic acid groups (broad SMARTS) is 1. The largest absolute Gasteiger partial charge is 0.508 e. The zero-order chi connectivity index (χ0) is 24.4. The van der Waals surface area contributed by atoms with Gasteiger partial charge in [0.05, 0.1) is 22.3 Å². The topological polar surface area (TPSA) is 123 Å². The van der Waals surface area contributed by atoms with Crippen LogP contribution in [-0.4, -0.2) is 73.4 Å². The summed E-state index contributed by atoms with van der Waals surface area (Å²) in [5, 5.41) is 26.9. The van der Waals surface area contributed by atoms with Crippen molar-refractivity contribution in [3.05, 3.63) is 77.5 Å². The van der Waals surface area contributed by atoms with Crippen LogP contribution in [0, 0.1) is 0 Å². The molecule has 4 aromatic rings. The molecular weight excluding hydrogens is 446 g/mol. The van der Waals surface area contributed by atoms with Gasteiger partial charge in [-0.3, -0.25) is 9.89 Å². The summed E-state index contributed by atoms with van der Waals surface area (Å²) >= 11 is 0. The molecule has 2 amide bonds. The van der Waals surface area contributed by atoms with Gasteiger partial charge in [-0.05, 0) is 42.0 Å². The number of pyridine rings is 1. The number of amides is 2. The van der Waals surface area contributed by atoms with Crippen LogP contribution >= 0.6 is 0 Å². The minimum atomic E-state index is -0.985. The van der Waals surface area contributed by atoms with E-state index in [9.17, 15) is 19.8 Å². The zero-order valence-electron chi connectivity index (χ0n) is 18.8. The summed E-state index contributed by atoms with van der Waals surface area (Å²) in [5.74, 6) is -0.0736. The molecule has 0 unspecified atom stereocenters. The fourth-order valence-corrected chi connectivity index (χ4v) is 4.13. The Kier molecular flexibility index (Phi) is 5.88. The van der Waals surface area contributed by atoms with Crippen LogP contribution in [0.4, 0.5) is 4.79 Å². The van der Waals surface area contributed by atoms with Gasteiger partial charge in [-0.2, -0.15) is 5.10 Å². The van der Waals surface area contributed by atoms with E-state index >= 15 is 0 Å². The number of nitrogens with zero attached hydrogens (tertiary/aromatic N) is 4. The highest BCUT2D eigenvalue weighted by molar-refractivity contribution is 6.09. The summed E-state index contributed by atoms with van der Waals surface area (Å²) in [6, 6.07) is 18.1. The van der Waals surface area contributed by atoms with E-state index in [1.165, 1.54) is 4.90 Å². The molecule has 1 saturated heterocycles. The average Bonchev–Trinajstić information content (AvgIpc) is 3.30. The molecule has 2 aromatic heterocycles. The van der Waals surface area contributed by atoms with Crippen molar-refractivity contribution in [2.24, 2.45) is 0 Å². The van der Waals surface area contributed by atoms with Gasteiger partial charge < -0.3 is 20.0 Å². The lowest BCUT2D eigenvalue weighted by molar-refractivity contribution is 0.0626. The number of hydrogen-bond donors (Lipinski definition) is 3. The summed E-state index contributed by atoms with van der Waals surface area (Å²) < 4.78 is 0. The molecule has 9 heteroatoms. The molecule has 0 saturated carbocycles. The van der Waals surface area contributed by atoms with Gasteiger partial charge in [-0.25, -0.2) is 9.78 Å². The lowest BCUT2D eigenvalue weighted by atomic mass is 10.0. The van der Waals surface area contributed by atoms with Gasteiger partial charge >= 0.3 is 6.09 Å². The van der Waals surface area contributed by atoms with Crippen LogP contribution in [0.15, 0.2) is 60.7 Å². The number of nitrogens with one attached hydrogen (secondary N) is 1. The number of aromatic hydroxyl groups is 1. The Hall–Kier alpha value is -4.66. The van der Waals surface area contributed by atoms with E-state index in [4.69, 9.17) is 0 Å². The Morgan fingerprint density at radius 1 is 0.914 bits per heavy atom. The van der Waals surface area contributed by atoms with E-state index in [2.05, 4.69) is 15.2 Å². The fraction of sp³-hybridized carbons (Fsp3) is 0.154. The molecule has 9 nitrogen and oxygen atoms in total. The molecule has 5 rings (SSSR count). The van der Waals surface area contributed by atoms with Crippen LogP contribution in [0.1, 0.15) is 21.6 Å². The summed E-state index contributed by atoms with van der Waals surface area (Å²) in [6.07, 6.45) is 2.78. The summed E-state index contributed by atoms with van der Waals surface area (Å²) in [5.41, 5.74) is 3.79. The first-order chi connectivity index (χ1) is 17.0. The quantitative estimate of drug-likeness (QED) is 0.416. The van der Waals surface area contributed by atoms with E-state index < -0.39 is 6.09 Å². The number of phenols is 1. The smallest absolute Gasteiger partial charge is 0.407 e. The highest BCUT2D eigenvalue weighted by atomic mass is 16.4. The van der Waals surface area contributed by atoms with E-state index in [-0.39, 0.29) is 24.7 Å². The van der Waals surface area contributed by atoms with Crippen LogP contribution in [0.5, 0.6) is 5.75 Å². The van der Waals surface area contributed by atoms with Gasteiger partial charge in [-0.1, -0.05) is 36.4 Å². The second-order valence-corrected chi connectivity index (χ2v) is 8.24. The third-order valence-electron chi connectivity index (χ3n) is 6.02. The molecule has 176 valence electrons. The number of benzene rings is 2. The third kappa shape index (κ3) is 4.56. The van der Waals surface area contributed by atoms with Crippen molar-refractivity contribution in [2.45, 2.75) is 0 Å². The number of carbonyl (C=O) groups is 2. The van der Waals surface area contributed by atoms with Crippen LogP contribution in [0.3, 0.4) is 0 Å². The molecule has 0 bridgehead atoms. The number of hydrogen-bond acceptors (Lipinski definition) is 5. The van der Waals surface area contributed by atoms with E-state index in [1.807, 2.05) is 42.5 Å². The maximum Gasteiger partial charge on any atom is 0.407 e. The van der Waals surface area contributed by atoms with Crippen molar-refractivity contribution >= 4 is 35.2 Å². The molecule has 1 aliphatic rings. The Morgan fingerprint density at radius 3 is 2.29 bits per heavy atom. The maximum absolute atomic E-state index is 13.7.